The lowest BCUT2D eigenvalue weighted by Gasteiger charge is -2.22. The average molecular weight is 206 g/mol. The van der Waals surface area contributed by atoms with Gasteiger partial charge >= 0.3 is 0 Å². The Bertz CT molecular complexity index is 308. The van der Waals surface area contributed by atoms with Crippen LogP contribution in [0.1, 0.15) is 37.7 Å². The standard InChI is InChI=1S/C12H18N2O/c13-9-10-6-7-14-12(8-10)15-11-4-2-1-3-5-11/h6-8,11H,1-5,9,13H2. The molecular weight excluding hydrogens is 188 g/mol. The van der Waals surface area contributed by atoms with E-state index in [1.165, 1.54) is 19.3 Å². The van der Waals surface area contributed by atoms with Crippen molar-refractivity contribution in [2.45, 2.75) is 44.8 Å². The fourth-order valence-electron chi connectivity index (χ4n) is 2.00. The summed E-state index contributed by atoms with van der Waals surface area (Å²) in [6.45, 7) is 0.545. The largest absolute Gasteiger partial charge is 0.474 e. The van der Waals surface area contributed by atoms with Crippen LogP contribution in [0, 0.1) is 0 Å². The van der Waals surface area contributed by atoms with Crippen LogP contribution in [-0.4, -0.2) is 11.1 Å². The monoisotopic (exact) mass is 206 g/mol. The van der Waals surface area contributed by atoms with E-state index in [0.29, 0.717) is 12.6 Å². The van der Waals surface area contributed by atoms with Crippen molar-refractivity contribution < 1.29 is 4.74 Å². The highest BCUT2D eigenvalue weighted by Gasteiger charge is 2.15. The molecule has 3 heteroatoms. The minimum atomic E-state index is 0.360. The van der Waals surface area contributed by atoms with E-state index < -0.39 is 0 Å². The Hall–Kier alpha value is -1.09. The Morgan fingerprint density at radius 1 is 1.33 bits per heavy atom. The highest BCUT2D eigenvalue weighted by molar-refractivity contribution is 5.20. The molecule has 0 aliphatic heterocycles. The molecule has 1 saturated carbocycles. The first-order valence-corrected chi connectivity index (χ1v) is 5.70. The summed E-state index contributed by atoms with van der Waals surface area (Å²) in [5.74, 6) is 0.727. The SMILES string of the molecule is NCc1ccnc(OC2CCCCC2)c1. The fourth-order valence-corrected chi connectivity index (χ4v) is 2.00. The van der Waals surface area contributed by atoms with Gasteiger partial charge in [0.15, 0.2) is 0 Å². The summed E-state index contributed by atoms with van der Waals surface area (Å²) in [5.41, 5.74) is 6.65. The molecule has 15 heavy (non-hydrogen) atoms. The Morgan fingerprint density at radius 2 is 2.13 bits per heavy atom. The molecule has 0 atom stereocenters. The molecule has 2 rings (SSSR count). The van der Waals surface area contributed by atoms with Gasteiger partial charge in [0.1, 0.15) is 6.10 Å². The number of hydrogen-bond donors (Lipinski definition) is 1. The zero-order chi connectivity index (χ0) is 10.5. The molecular formula is C12H18N2O. The van der Waals surface area contributed by atoms with Crippen molar-refractivity contribution in [3.8, 4) is 5.88 Å². The van der Waals surface area contributed by atoms with Crippen molar-refractivity contribution in [1.82, 2.24) is 4.98 Å². The number of nitrogens with zero attached hydrogens (tertiary/aromatic N) is 1. The number of nitrogens with two attached hydrogens (primary N) is 1. The van der Waals surface area contributed by atoms with E-state index in [4.69, 9.17) is 10.5 Å². The second-order valence-electron chi connectivity index (χ2n) is 4.08. The van der Waals surface area contributed by atoms with Crippen LogP contribution in [0.15, 0.2) is 18.3 Å². The molecule has 82 valence electrons. The molecule has 1 aromatic heterocycles. The normalized spacial score (nSPS) is 17.7. The van der Waals surface area contributed by atoms with Crippen LogP contribution < -0.4 is 10.5 Å². The number of rotatable bonds is 3. The van der Waals surface area contributed by atoms with Gasteiger partial charge in [-0.05, 0) is 37.3 Å². The molecule has 2 N–H and O–H groups in total. The van der Waals surface area contributed by atoms with E-state index in [9.17, 15) is 0 Å². The van der Waals surface area contributed by atoms with Crippen LogP contribution in [0.4, 0.5) is 0 Å². The minimum Gasteiger partial charge on any atom is -0.474 e. The lowest BCUT2D eigenvalue weighted by molar-refractivity contribution is 0.148. The van der Waals surface area contributed by atoms with E-state index in [1.807, 2.05) is 12.1 Å². The third-order valence-electron chi connectivity index (χ3n) is 2.87. The van der Waals surface area contributed by atoms with Crippen LogP contribution in [0.3, 0.4) is 0 Å². The number of ether oxygens (including phenoxy) is 1. The molecule has 0 radical (unpaired) electrons. The minimum absolute atomic E-state index is 0.360. The first kappa shape index (κ1) is 10.4. The first-order chi connectivity index (χ1) is 7.38. The van der Waals surface area contributed by atoms with Crippen molar-refractivity contribution in [2.75, 3.05) is 0 Å². The summed E-state index contributed by atoms with van der Waals surface area (Å²) in [5, 5.41) is 0. The first-order valence-electron chi connectivity index (χ1n) is 5.70. The van der Waals surface area contributed by atoms with Gasteiger partial charge in [-0.25, -0.2) is 4.98 Å². The van der Waals surface area contributed by atoms with Gasteiger partial charge in [-0.2, -0.15) is 0 Å². The van der Waals surface area contributed by atoms with Gasteiger partial charge in [0.25, 0.3) is 0 Å². The van der Waals surface area contributed by atoms with E-state index in [0.717, 1.165) is 24.3 Å². The summed E-state index contributed by atoms with van der Waals surface area (Å²) in [7, 11) is 0. The third kappa shape index (κ3) is 2.93. The van der Waals surface area contributed by atoms with Gasteiger partial charge in [-0.1, -0.05) is 6.42 Å². The Morgan fingerprint density at radius 3 is 2.87 bits per heavy atom. The lowest BCUT2D eigenvalue weighted by Crippen LogP contribution is -2.20. The molecule has 1 aromatic rings. The smallest absolute Gasteiger partial charge is 0.213 e. The zero-order valence-electron chi connectivity index (χ0n) is 8.98. The maximum atomic E-state index is 5.83. The maximum Gasteiger partial charge on any atom is 0.213 e. The molecule has 1 aliphatic rings. The van der Waals surface area contributed by atoms with Crippen LogP contribution in [0.2, 0.25) is 0 Å². The molecule has 0 bridgehead atoms. The quantitative estimate of drug-likeness (QED) is 0.825. The van der Waals surface area contributed by atoms with Gasteiger partial charge in [0.05, 0.1) is 0 Å². The molecule has 1 aliphatic carbocycles. The lowest BCUT2D eigenvalue weighted by atomic mass is 9.98. The second-order valence-corrected chi connectivity index (χ2v) is 4.08. The summed E-state index contributed by atoms with van der Waals surface area (Å²) >= 11 is 0. The van der Waals surface area contributed by atoms with Gasteiger partial charge < -0.3 is 10.5 Å². The highest BCUT2D eigenvalue weighted by atomic mass is 16.5. The number of pyridine rings is 1. The van der Waals surface area contributed by atoms with Crippen molar-refractivity contribution in [3.63, 3.8) is 0 Å². The van der Waals surface area contributed by atoms with Gasteiger partial charge in [-0.3, -0.25) is 0 Å². The Labute approximate surface area is 90.7 Å². The number of aromatic nitrogens is 1. The molecule has 0 unspecified atom stereocenters. The van der Waals surface area contributed by atoms with E-state index in [-0.39, 0.29) is 0 Å². The van der Waals surface area contributed by atoms with Crippen LogP contribution >= 0.6 is 0 Å². The molecule has 0 spiro atoms. The van der Waals surface area contributed by atoms with Crippen LogP contribution in [0.5, 0.6) is 5.88 Å². The molecule has 1 heterocycles. The summed E-state index contributed by atoms with van der Waals surface area (Å²) in [4.78, 5) is 4.20. The van der Waals surface area contributed by atoms with Crippen molar-refractivity contribution in [2.24, 2.45) is 5.73 Å². The maximum absolute atomic E-state index is 5.83. The Kier molecular flexibility index (Phi) is 3.56. The van der Waals surface area contributed by atoms with Crippen LogP contribution in [0.25, 0.3) is 0 Å². The predicted octanol–water partition coefficient (Wildman–Crippen LogP) is 2.25. The fraction of sp³-hybridized carbons (Fsp3) is 0.583. The van der Waals surface area contributed by atoms with Crippen LogP contribution in [-0.2, 0) is 6.54 Å². The molecule has 1 fully saturated rings. The van der Waals surface area contributed by atoms with E-state index >= 15 is 0 Å². The van der Waals surface area contributed by atoms with Crippen molar-refractivity contribution in [1.29, 1.82) is 0 Å². The third-order valence-corrected chi connectivity index (χ3v) is 2.87. The zero-order valence-corrected chi connectivity index (χ0v) is 8.98. The predicted molar refractivity (Wildman–Crippen MR) is 59.6 cm³/mol. The van der Waals surface area contributed by atoms with Gasteiger partial charge in [0.2, 0.25) is 5.88 Å². The summed E-state index contributed by atoms with van der Waals surface area (Å²) < 4.78 is 5.83. The van der Waals surface area contributed by atoms with Gasteiger partial charge in [-0.15, -0.1) is 0 Å². The molecule has 0 saturated heterocycles. The van der Waals surface area contributed by atoms with Crippen molar-refractivity contribution in [3.05, 3.63) is 23.9 Å². The Balaban J connectivity index is 1.96. The van der Waals surface area contributed by atoms with Crippen molar-refractivity contribution >= 4 is 0 Å². The molecule has 0 amide bonds. The second kappa shape index (κ2) is 5.12. The summed E-state index contributed by atoms with van der Waals surface area (Å²) in [6, 6.07) is 3.86. The number of hydrogen-bond acceptors (Lipinski definition) is 3. The summed E-state index contributed by atoms with van der Waals surface area (Å²) in [6.07, 6.45) is 8.35. The van der Waals surface area contributed by atoms with E-state index in [1.54, 1.807) is 6.20 Å². The molecule has 3 nitrogen and oxygen atoms in total. The highest BCUT2D eigenvalue weighted by Crippen LogP contribution is 2.22. The molecule has 0 aromatic carbocycles. The topological polar surface area (TPSA) is 48.1 Å². The van der Waals surface area contributed by atoms with Gasteiger partial charge in [0, 0.05) is 18.8 Å². The average Bonchev–Trinajstić information content (AvgIpc) is 2.31. The van der Waals surface area contributed by atoms with E-state index in [2.05, 4.69) is 4.98 Å².